The lowest BCUT2D eigenvalue weighted by Crippen LogP contribution is -2.01. The average Bonchev–Trinajstić information content (AvgIpc) is 2.47. The fourth-order valence-electron chi connectivity index (χ4n) is 2.57. The van der Waals surface area contributed by atoms with Gasteiger partial charge in [0.1, 0.15) is 11.9 Å². The van der Waals surface area contributed by atoms with E-state index in [1.807, 2.05) is 43.3 Å². The molecular weight excluding hydrogens is 251 g/mol. The summed E-state index contributed by atoms with van der Waals surface area (Å²) in [5.41, 5.74) is 2.53. The Kier molecular flexibility index (Phi) is 3.25. The van der Waals surface area contributed by atoms with E-state index < -0.39 is 6.10 Å². The highest BCUT2D eigenvalue weighted by Crippen LogP contribution is 2.30. The number of rotatable bonds is 2. The number of hydrogen-bond donors (Lipinski definition) is 1. The molecule has 0 aliphatic carbocycles. The van der Waals surface area contributed by atoms with Gasteiger partial charge in [0.05, 0.1) is 0 Å². The Bertz CT molecular complexity index is 764. The number of halogens is 1. The largest absolute Gasteiger partial charge is 0.384 e. The van der Waals surface area contributed by atoms with Crippen molar-refractivity contribution in [2.45, 2.75) is 13.0 Å². The molecule has 1 nitrogen and oxygen atoms in total. The fraction of sp³-hybridized carbons (Fsp3) is 0.111. The third-order valence-corrected chi connectivity index (χ3v) is 3.63. The lowest BCUT2D eigenvalue weighted by Gasteiger charge is -2.15. The van der Waals surface area contributed by atoms with Crippen molar-refractivity contribution in [1.29, 1.82) is 0 Å². The first-order valence-electron chi connectivity index (χ1n) is 6.58. The normalized spacial score (nSPS) is 12.6. The highest BCUT2D eigenvalue weighted by molar-refractivity contribution is 5.89. The van der Waals surface area contributed by atoms with Crippen LogP contribution in [0.5, 0.6) is 0 Å². The lowest BCUT2D eigenvalue weighted by atomic mass is 9.94. The van der Waals surface area contributed by atoms with Crippen LogP contribution in [0, 0.1) is 12.7 Å². The Morgan fingerprint density at radius 3 is 2.40 bits per heavy atom. The van der Waals surface area contributed by atoms with Crippen LogP contribution in [0.1, 0.15) is 22.8 Å². The predicted octanol–water partition coefficient (Wildman–Crippen LogP) is 4.37. The minimum atomic E-state index is -0.823. The van der Waals surface area contributed by atoms with Gasteiger partial charge < -0.3 is 5.11 Å². The van der Waals surface area contributed by atoms with Crippen LogP contribution in [0.3, 0.4) is 0 Å². The SMILES string of the molecule is Cc1ccc(C(O)c2cccc(F)c2)c2ccccc12. The second kappa shape index (κ2) is 5.06. The third-order valence-electron chi connectivity index (χ3n) is 3.63. The molecule has 0 aliphatic rings. The molecule has 1 unspecified atom stereocenters. The van der Waals surface area contributed by atoms with E-state index in [4.69, 9.17) is 0 Å². The van der Waals surface area contributed by atoms with Gasteiger partial charge in [-0.05, 0) is 46.5 Å². The molecule has 0 saturated carbocycles. The second-order valence-corrected chi connectivity index (χ2v) is 4.97. The maximum absolute atomic E-state index is 13.3. The summed E-state index contributed by atoms with van der Waals surface area (Å²) in [6, 6.07) is 18.0. The van der Waals surface area contributed by atoms with Gasteiger partial charge in [0.25, 0.3) is 0 Å². The number of hydrogen-bond acceptors (Lipinski definition) is 1. The molecular formula is C18H15FO. The van der Waals surface area contributed by atoms with Crippen LogP contribution in [0.4, 0.5) is 4.39 Å². The van der Waals surface area contributed by atoms with Crippen molar-refractivity contribution in [3.8, 4) is 0 Å². The molecule has 0 aliphatic heterocycles. The molecule has 0 amide bonds. The van der Waals surface area contributed by atoms with Gasteiger partial charge in [-0.15, -0.1) is 0 Å². The van der Waals surface area contributed by atoms with E-state index in [1.54, 1.807) is 12.1 Å². The van der Waals surface area contributed by atoms with Gasteiger partial charge in [0.2, 0.25) is 0 Å². The molecule has 2 heteroatoms. The zero-order valence-electron chi connectivity index (χ0n) is 11.2. The Labute approximate surface area is 117 Å². The Morgan fingerprint density at radius 2 is 1.65 bits per heavy atom. The summed E-state index contributed by atoms with van der Waals surface area (Å²) in [7, 11) is 0. The molecule has 3 aromatic rings. The molecule has 0 saturated heterocycles. The van der Waals surface area contributed by atoms with E-state index in [9.17, 15) is 9.50 Å². The van der Waals surface area contributed by atoms with Crippen LogP contribution < -0.4 is 0 Å². The van der Waals surface area contributed by atoms with E-state index in [-0.39, 0.29) is 5.82 Å². The summed E-state index contributed by atoms with van der Waals surface area (Å²) in [5, 5.41) is 12.7. The maximum atomic E-state index is 13.3. The van der Waals surface area contributed by atoms with Crippen molar-refractivity contribution in [2.24, 2.45) is 0 Å². The summed E-state index contributed by atoms with van der Waals surface area (Å²) in [5.74, 6) is -0.335. The molecule has 0 spiro atoms. The van der Waals surface area contributed by atoms with Gasteiger partial charge in [0.15, 0.2) is 0 Å². The first kappa shape index (κ1) is 12.8. The van der Waals surface area contributed by atoms with Gasteiger partial charge in [-0.3, -0.25) is 0 Å². The van der Waals surface area contributed by atoms with E-state index >= 15 is 0 Å². The number of fused-ring (bicyclic) bond motifs is 1. The minimum Gasteiger partial charge on any atom is -0.384 e. The molecule has 1 N–H and O–H groups in total. The summed E-state index contributed by atoms with van der Waals surface area (Å²) in [6.45, 7) is 2.04. The van der Waals surface area contributed by atoms with Crippen LogP contribution in [0.2, 0.25) is 0 Å². The molecule has 3 aromatic carbocycles. The number of aliphatic hydroxyl groups is 1. The Balaban J connectivity index is 2.17. The predicted molar refractivity (Wildman–Crippen MR) is 79.1 cm³/mol. The molecule has 0 radical (unpaired) electrons. The standard InChI is InChI=1S/C18H15FO/c1-12-9-10-17(16-8-3-2-7-15(12)16)18(20)13-5-4-6-14(19)11-13/h2-11,18,20H,1H3. The quantitative estimate of drug-likeness (QED) is 0.730. The van der Waals surface area contributed by atoms with Crippen molar-refractivity contribution >= 4 is 10.8 Å². The summed E-state index contributed by atoms with van der Waals surface area (Å²) in [4.78, 5) is 0. The number of aliphatic hydroxyl groups excluding tert-OH is 1. The second-order valence-electron chi connectivity index (χ2n) is 4.97. The average molecular weight is 266 g/mol. The first-order valence-corrected chi connectivity index (χ1v) is 6.58. The van der Waals surface area contributed by atoms with Crippen LogP contribution in [0.25, 0.3) is 10.8 Å². The van der Waals surface area contributed by atoms with Crippen molar-refractivity contribution in [2.75, 3.05) is 0 Å². The highest BCUT2D eigenvalue weighted by Gasteiger charge is 2.14. The summed E-state index contributed by atoms with van der Waals surface area (Å²) < 4.78 is 13.3. The van der Waals surface area contributed by atoms with E-state index in [1.165, 1.54) is 12.1 Å². The molecule has 0 heterocycles. The van der Waals surface area contributed by atoms with Crippen LogP contribution >= 0.6 is 0 Å². The van der Waals surface area contributed by atoms with Crippen molar-refractivity contribution in [3.63, 3.8) is 0 Å². The molecule has 100 valence electrons. The molecule has 1 atom stereocenters. The Morgan fingerprint density at radius 1 is 0.900 bits per heavy atom. The Hall–Kier alpha value is -2.19. The topological polar surface area (TPSA) is 20.2 Å². The molecule has 0 bridgehead atoms. The van der Waals surface area contributed by atoms with Crippen molar-refractivity contribution < 1.29 is 9.50 Å². The summed E-state index contributed by atoms with van der Waals surface area (Å²) in [6.07, 6.45) is -0.823. The van der Waals surface area contributed by atoms with E-state index in [2.05, 4.69) is 0 Å². The van der Waals surface area contributed by atoms with E-state index in [0.717, 1.165) is 21.9 Å². The highest BCUT2D eigenvalue weighted by atomic mass is 19.1. The molecule has 20 heavy (non-hydrogen) atoms. The zero-order chi connectivity index (χ0) is 14.1. The smallest absolute Gasteiger partial charge is 0.123 e. The lowest BCUT2D eigenvalue weighted by molar-refractivity contribution is 0.221. The van der Waals surface area contributed by atoms with Gasteiger partial charge in [-0.25, -0.2) is 4.39 Å². The van der Waals surface area contributed by atoms with Gasteiger partial charge in [0, 0.05) is 0 Å². The third kappa shape index (κ3) is 2.19. The van der Waals surface area contributed by atoms with Crippen LogP contribution in [0.15, 0.2) is 60.7 Å². The number of benzene rings is 3. The van der Waals surface area contributed by atoms with Crippen LogP contribution in [-0.2, 0) is 0 Å². The number of aryl methyl sites for hydroxylation is 1. The van der Waals surface area contributed by atoms with E-state index in [0.29, 0.717) is 5.56 Å². The van der Waals surface area contributed by atoms with Gasteiger partial charge >= 0.3 is 0 Å². The maximum Gasteiger partial charge on any atom is 0.123 e. The van der Waals surface area contributed by atoms with Crippen LogP contribution in [-0.4, -0.2) is 5.11 Å². The molecule has 0 fully saturated rings. The van der Waals surface area contributed by atoms with Gasteiger partial charge in [-0.2, -0.15) is 0 Å². The first-order chi connectivity index (χ1) is 9.66. The van der Waals surface area contributed by atoms with Crippen molar-refractivity contribution in [3.05, 3.63) is 83.2 Å². The molecule has 3 rings (SSSR count). The monoisotopic (exact) mass is 266 g/mol. The summed E-state index contributed by atoms with van der Waals surface area (Å²) >= 11 is 0. The zero-order valence-corrected chi connectivity index (χ0v) is 11.2. The van der Waals surface area contributed by atoms with Gasteiger partial charge in [-0.1, -0.05) is 48.5 Å². The fourth-order valence-corrected chi connectivity index (χ4v) is 2.57. The minimum absolute atomic E-state index is 0.335. The van der Waals surface area contributed by atoms with Crippen molar-refractivity contribution in [1.82, 2.24) is 0 Å². The molecule has 0 aromatic heterocycles.